The molecule has 0 saturated carbocycles. The highest BCUT2D eigenvalue weighted by molar-refractivity contribution is 7.15. The van der Waals surface area contributed by atoms with Gasteiger partial charge < -0.3 is 20.7 Å². The second-order valence-corrected chi connectivity index (χ2v) is 7.29. The number of hydrogen-bond acceptors (Lipinski definition) is 5. The van der Waals surface area contributed by atoms with Gasteiger partial charge in [-0.25, -0.2) is 9.78 Å². The number of nitrogens with zero attached hydrogens (tertiary/aromatic N) is 2. The van der Waals surface area contributed by atoms with Crippen LogP contribution in [0.15, 0.2) is 30.5 Å². The summed E-state index contributed by atoms with van der Waals surface area (Å²) in [6, 6.07) is 7.52. The van der Waals surface area contributed by atoms with Crippen LogP contribution in [0.4, 0.5) is 4.79 Å². The number of urea groups is 1. The number of ether oxygens (including phenoxy) is 1. The molecule has 7 nitrogen and oxygen atoms in total. The van der Waals surface area contributed by atoms with E-state index in [1.54, 1.807) is 18.2 Å². The van der Waals surface area contributed by atoms with Crippen molar-refractivity contribution in [3.05, 3.63) is 35.3 Å². The number of nitrogens with two attached hydrogens (primary N) is 1. The number of rotatable bonds is 5. The van der Waals surface area contributed by atoms with Crippen LogP contribution in [-0.4, -0.2) is 42.0 Å². The van der Waals surface area contributed by atoms with Gasteiger partial charge in [0.15, 0.2) is 0 Å². The fourth-order valence-electron chi connectivity index (χ4n) is 3.00. The molecule has 1 saturated heterocycles. The molecule has 1 aliphatic rings. The van der Waals surface area contributed by atoms with Crippen LogP contribution in [0.3, 0.4) is 0 Å². The number of hydrogen-bond donors (Lipinski definition) is 2. The van der Waals surface area contributed by atoms with Crippen LogP contribution in [0, 0.1) is 5.92 Å². The van der Waals surface area contributed by atoms with Crippen molar-refractivity contribution < 1.29 is 14.3 Å². The van der Waals surface area contributed by atoms with Crippen molar-refractivity contribution in [3.8, 4) is 16.3 Å². The van der Waals surface area contributed by atoms with Crippen molar-refractivity contribution in [3.63, 3.8) is 0 Å². The Morgan fingerprint density at radius 2 is 2.23 bits per heavy atom. The Labute approximate surface area is 156 Å². The van der Waals surface area contributed by atoms with Crippen LogP contribution in [-0.2, 0) is 11.3 Å². The monoisotopic (exact) mass is 374 g/mol. The minimum absolute atomic E-state index is 0.178. The Morgan fingerprint density at radius 3 is 3.00 bits per heavy atom. The van der Waals surface area contributed by atoms with Crippen molar-refractivity contribution in [2.45, 2.75) is 19.4 Å². The molecule has 3 amide bonds. The summed E-state index contributed by atoms with van der Waals surface area (Å²) in [5.74, 6) is 0.171. The van der Waals surface area contributed by atoms with Crippen LogP contribution < -0.4 is 15.8 Å². The lowest BCUT2D eigenvalue weighted by molar-refractivity contribution is -0.123. The number of piperidine rings is 1. The van der Waals surface area contributed by atoms with E-state index in [9.17, 15) is 9.59 Å². The summed E-state index contributed by atoms with van der Waals surface area (Å²) in [6.45, 7) is 1.42. The number of methoxy groups -OCH3 is 1. The van der Waals surface area contributed by atoms with Crippen molar-refractivity contribution in [2.24, 2.45) is 11.7 Å². The third-order valence-corrected chi connectivity index (χ3v) is 5.45. The molecule has 1 aromatic carbocycles. The zero-order valence-corrected chi connectivity index (χ0v) is 15.4. The van der Waals surface area contributed by atoms with Crippen LogP contribution in [0.2, 0.25) is 0 Å². The van der Waals surface area contributed by atoms with Gasteiger partial charge >= 0.3 is 6.03 Å². The molecule has 3 rings (SSSR count). The minimum Gasteiger partial charge on any atom is -0.496 e. The Balaban J connectivity index is 1.59. The zero-order valence-electron chi connectivity index (χ0n) is 14.6. The predicted octanol–water partition coefficient (Wildman–Crippen LogP) is 2.23. The number of likely N-dealkylation sites (tertiary alicyclic amines) is 1. The molecule has 3 N–H and O–H groups in total. The van der Waals surface area contributed by atoms with Gasteiger partial charge in [-0.05, 0) is 25.0 Å². The second-order valence-electron chi connectivity index (χ2n) is 6.18. The summed E-state index contributed by atoms with van der Waals surface area (Å²) in [4.78, 5) is 30.7. The van der Waals surface area contributed by atoms with Crippen LogP contribution in [0.1, 0.15) is 17.7 Å². The van der Waals surface area contributed by atoms with Gasteiger partial charge in [0.25, 0.3) is 0 Å². The van der Waals surface area contributed by atoms with Crippen molar-refractivity contribution in [1.82, 2.24) is 15.2 Å². The summed E-state index contributed by atoms with van der Waals surface area (Å²) < 4.78 is 5.37. The normalized spacial score (nSPS) is 17.0. The van der Waals surface area contributed by atoms with E-state index >= 15 is 0 Å². The molecule has 1 aliphatic heterocycles. The van der Waals surface area contributed by atoms with Crippen molar-refractivity contribution in [2.75, 3.05) is 20.2 Å². The van der Waals surface area contributed by atoms with Gasteiger partial charge in [-0.1, -0.05) is 12.1 Å². The topological polar surface area (TPSA) is 97.6 Å². The summed E-state index contributed by atoms with van der Waals surface area (Å²) in [7, 11) is 1.63. The van der Waals surface area contributed by atoms with Crippen molar-refractivity contribution >= 4 is 23.3 Å². The first kappa shape index (κ1) is 18.2. The maximum absolute atomic E-state index is 12.3. The molecule has 0 unspecified atom stereocenters. The number of carbonyl (C=O) groups excluding carboxylic acids is 2. The summed E-state index contributed by atoms with van der Waals surface area (Å²) in [6.07, 6.45) is 3.30. The van der Waals surface area contributed by atoms with E-state index in [2.05, 4.69) is 10.3 Å². The first-order chi connectivity index (χ1) is 12.6. The summed E-state index contributed by atoms with van der Waals surface area (Å²) in [5, 5.41) is 3.74. The third kappa shape index (κ3) is 4.13. The van der Waals surface area contributed by atoms with Gasteiger partial charge in [0.05, 0.1) is 25.1 Å². The highest BCUT2D eigenvalue weighted by atomic mass is 32.1. The van der Waals surface area contributed by atoms with Gasteiger partial charge in [-0.2, -0.15) is 0 Å². The molecule has 2 heterocycles. The van der Waals surface area contributed by atoms with Crippen LogP contribution >= 0.6 is 11.3 Å². The van der Waals surface area contributed by atoms with E-state index in [0.717, 1.165) is 34.0 Å². The van der Waals surface area contributed by atoms with Crippen LogP contribution in [0.25, 0.3) is 10.6 Å². The van der Waals surface area contributed by atoms with Crippen molar-refractivity contribution in [1.29, 1.82) is 0 Å². The minimum atomic E-state index is -0.341. The van der Waals surface area contributed by atoms with Gasteiger partial charge in [0, 0.05) is 24.2 Å². The van der Waals surface area contributed by atoms with Gasteiger partial charge in [0.1, 0.15) is 10.8 Å². The number of amides is 3. The second kappa shape index (κ2) is 8.18. The largest absolute Gasteiger partial charge is 0.496 e. The van der Waals surface area contributed by atoms with E-state index < -0.39 is 0 Å². The molecule has 1 aromatic heterocycles. The summed E-state index contributed by atoms with van der Waals surface area (Å²) >= 11 is 1.51. The lowest BCUT2D eigenvalue weighted by Crippen LogP contribution is -2.47. The van der Waals surface area contributed by atoms with Gasteiger partial charge in [0.2, 0.25) is 5.91 Å². The molecule has 1 atom stereocenters. The third-order valence-electron chi connectivity index (χ3n) is 4.42. The number of carbonyl (C=O) groups is 2. The lowest BCUT2D eigenvalue weighted by atomic mass is 9.98. The number of thiazole rings is 1. The molecule has 0 spiro atoms. The fraction of sp³-hybridized carbons (Fsp3) is 0.389. The molecule has 0 bridgehead atoms. The number of nitrogens with one attached hydrogen (secondary N) is 1. The number of para-hydroxylation sites is 1. The predicted molar refractivity (Wildman–Crippen MR) is 99.8 cm³/mol. The van der Waals surface area contributed by atoms with E-state index in [-0.39, 0.29) is 17.9 Å². The Kier molecular flexibility index (Phi) is 5.72. The number of primary amides is 1. The SMILES string of the molecule is COc1ccccc1-c1ncc(CNC(=O)N2CCC[C@@H](C(N)=O)C2)s1. The Hall–Kier alpha value is -2.61. The number of benzene rings is 1. The molecule has 2 aromatic rings. The molecule has 8 heteroatoms. The average molecular weight is 374 g/mol. The molecule has 0 aliphatic carbocycles. The van der Waals surface area contributed by atoms with E-state index in [0.29, 0.717) is 19.6 Å². The summed E-state index contributed by atoms with van der Waals surface area (Å²) in [5.41, 5.74) is 6.29. The molecule has 0 radical (unpaired) electrons. The fourth-order valence-corrected chi connectivity index (χ4v) is 3.89. The van der Waals surface area contributed by atoms with Gasteiger partial charge in [-0.3, -0.25) is 4.79 Å². The Bertz CT molecular complexity index is 792. The first-order valence-electron chi connectivity index (χ1n) is 8.48. The molecule has 1 fully saturated rings. The zero-order chi connectivity index (χ0) is 18.5. The number of aromatic nitrogens is 1. The smallest absolute Gasteiger partial charge is 0.317 e. The maximum atomic E-state index is 12.3. The average Bonchev–Trinajstić information content (AvgIpc) is 3.15. The quantitative estimate of drug-likeness (QED) is 0.838. The molecular formula is C18H22N4O3S. The van der Waals surface area contributed by atoms with E-state index in [1.165, 1.54) is 11.3 Å². The highest BCUT2D eigenvalue weighted by Gasteiger charge is 2.26. The van der Waals surface area contributed by atoms with E-state index in [1.807, 2.05) is 24.3 Å². The standard InChI is InChI=1S/C18H22N4O3S/c1-25-15-7-3-2-6-14(15)17-20-9-13(26-17)10-21-18(24)22-8-4-5-12(11-22)16(19)23/h2-3,6-7,9,12H,4-5,8,10-11H2,1H3,(H2,19,23)(H,21,24)/t12-/m1/s1. The molecule has 138 valence electrons. The van der Waals surface area contributed by atoms with Gasteiger partial charge in [-0.15, -0.1) is 11.3 Å². The molecular weight excluding hydrogens is 352 g/mol. The van der Waals surface area contributed by atoms with E-state index in [4.69, 9.17) is 10.5 Å². The highest BCUT2D eigenvalue weighted by Crippen LogP contribution is 2.32. The maximum Gasteiger partial charge on any atom is 0.317 e. The Morgan fingerprint density at radius 1 is 1.42 bits per heavy atom. The lowest BCUT2D eigenvalue weighted by Gasteiger charge is -2.31. The first-order valence-corrected chi connectivity index (χ1v) is 9.30. The van der Waals surface area contributed by atoms with Crippen LogP contribution in [0.5, 0.6) is 5.75 Å². The molecule has 26 heavy (non-hydrogen) atoms.